The van der Waals surface area contributed by atoms with Crippen LogP contribution >= 0.6 is 19.0 Å². The van der Waals surface area contributed by atoms with Crippen LogP contribution in [0.15, 0.2) is 36.9 Å². The Morgan fingerprint density at radius 1 is 1.26 bits per heavy atom. The Bertz CT molecular complexity index is 1200. The van der Waals surface area contributed by atoms with Gasteiger partial charge >= 0.3 is 5.97 Å². The number of carboxylic acids is 1. The minimum absolute atomic E-state index is 0.243. The number of anilines is 1. The molecule has 3 aromatic rings. The molecular weight excluding hydrogens is 481 g/mol. The number of nitrogens with zero attached hydrogens (tertiary/aromatic N) is 4. The van der Waals surface area contributed by atoms with Gasteiger partial charge in [-0.05, 0) is 45.4 Å². The summed E-state index contributed by atoms with van der Waals surface area (Å²) in [6.07, 6.45) is 2.30. The Hall–Kier alpha value is -2.56. The predicted molar refractivity (Wildman–Crippen MR) is 131 cm³/mol. The average molecular weight is 510 g/mol. The molecule has 0 aliphatic carbocycles. The monoisotopic (exact) mass is 509 g/mol. The maximum Gasteiger partial charge on any atom is 0.323 e. The van der Waals surface area contributed by atoms with E-state index in [2.05, 4.69) is 25.1 Å². The zero-order chi connectivity index (χ0) is 25.1. The van der Waals surface area contributed by atoms with Crippen LogP contribution in [-0.2, 0) is 20.6 Å². The Labute approximate surface area is 202 Å². The van der Waals surface area contributed by atoms with Crippen LogP contribution in [0.1, 0.15) is 39.3 Å². The molecule has 0 aliphatic rings. The summed E-state index contributed by atoms with van der Waals surface area (Å²) in [5.41, 5.74) is 6.27. The highest BCUT2D eigenvalue weighted by Crippen LogP contribution is 2.42. The molecule has 13 heteroatoms. The standard InChI is InChI=1S/C21H29ClN7O4P/c1-13(9-29-11-26-17-18(23)24-10-25-19(17)29)33-12-34(32,28-21(3,4)20(30)31)27-14(2)15-5-7-16(22)8-6-15/h5-8,10-11,13-14H,9,12H2,1-4H3,(H,30,31)(H2,23,24,25)(H2,27,28,32). The van der Waals surface area contributed by atoms with Crippen molar-refractivity contribution >= 4 is 42.0 Å². The fraction of sp³-hybridized carbons (Fsp3) is 0.429. The van der Waals surface area contributed by atoms with E-state index in [4.69, 9.17) is 22.1 Å². The third-order valence-electron chi connectivity index (χ3n) is 5.19. The smallest absolute Gasteiger partial charge is 0.323 e. The number of rotatable bonds is 11. The lowest BCUT2D eigenvalue weighted by atomic mass is 10.1. The van der Waals surface area contributed by atoms with Crippen molar-refractivity contribution in [2.24, 2.45) is 0 Å². The fourth-order valence-corrected chi connectivity index (χ4v) is 5.90. The summed E-state index contributed by atoms with van der Waals surface area (Å²) >= 11 is 5.97. The van der Waals surface area contributed by atoms with Crippen molar-refractivity contribution in [3.8, 4) is 0 Å². The number of halogens is 1. The summed E-state index contributed by atoms with van der Waals surface area (Å²) in [5, 5.41) is 16.0. The summed E-state index contributed by atoms with van der Waals surface area (Å²) in [4.78, 5) is 24.1. The number of nitrogens with two attached hydrogens (primary N) is 1. The highest BCUT2D eigenvalue weighted by atomic mass is 35.5. The molecule has 0 bridgehead atoms. The van der Waals surface area contributed by atoms with Crippen LogP contribution < -0.4 is 15.9 Å². The maximum absolute atomic E-state index is 13.9. The molecule has 34 heavy (non-hydrogen) atoms. The maximum atomic E-state index is 13.9. The molecule has 5 N–H and O–H groups in total. The number of benzene rings is 1. The minimum atomic E-state index is -3.53. The van der Waals surface area contributed by atoms with Crippen LogP contribution in [0.5, 0.6) is 0 Å². The largest absolute Gasteiger partial charge is 0.480 e. The molecular formula is C21H29ClN7O4P. The molecule has 0 saturated heterocycles. The number of carboxylic acid groups (broad SMARTS) is 1. The van der Waals surface area contributed by atoms with Gasteiger partial charge in [-0.1, -0.05) is 23.7 Å². The van der Waals surface area contributed by atoms with Crippen molar-refractivity contribution in [2.45, 2.75) is 51.9 Å². The molecule has 0 fully saturated rings. The second kappa shape index (κ2) is 10.4. The summed E-state index contributed by atoms with van der Waals surface area (Å²) in [6, 6.07) is 6.73. The van der Waals surface area contributed by atoms with Crippen molar-refractivity contribution < 1.29 is 19.2 Å². The highest BCUT2D eigenvalue weighted by Gasteiger charge is 2.37. The van der Waals surface area contributed by atoms with Gasteiger partial charge in [0.1, 0.15) is 23.7 Å². The minimum Gasteiger partial charge on any atom is -0.480 e. The van der Waals surface area contributed by atoms with Crippen molar-refractivity contribution in [1.82, 2.24) is 29.7 Å². The van der Waals surface area contributed by atoms with E-state index in [-0.39, 0.29) is 18.2 Å². The molecule has 11 nitrogen and oxygen atoms in total. The van der Waals surface area contributed by atoms with Gasteiger partial charge in [-0.2, -0.15) is 0 Å². The average Bonchev–Trinajstić information content (AvgIpc) is 3.16. The number of imidazole rings is 1. The second-order valence-electron chi connectivity index (χ2n) is 8.62. The Kier molecular flexibility index (Phi) is 7.95. The predicted octanol–water partition coefficient (Wildman–Crippen LogP) is 3.42. The van der Waals surface area contributed by atoms with Crippen LogP contribution in [0, 0.1) is 0 Å². The van der Waals surface area contributed by atoms with Gasteiger partial charge < -0.3 is 20.1 Å². The van der Waals surface area contributed by atoms with Crippen LogP contribution in [0.4, 0.5) is 5.82 Å². The zero-order valence-corrected chi connectivity index (χ0v) is 21.0. The number of hydrogen-bond acceptors (Lipinski definition) is 7. The van der Waals surface area contributed by atoms with Gasteiger partial charge in [0.25, 0.3) is 0 Å². The molecule has 3 rings (SSSR count). The number of nitrogens with one attached hydrogen (secondary N) is 2. The second-order valence-corrected chi connectivity index (χ2v) is 11.3. The van der Waals surface area contributed by atoms with Crippen molar-refractivity contribution in [3.63, 3.8) is 0 Å². The first-order valence-corrected chi connectivity index (χ1v) is 12.9. The first-order chi connectivity index (χ1) is 15.9. The van der Waals surface area contributed by atoms with E-state index >= 15 is 0 Å². The lowest BCUT2D eigenvalue weighted by molar-refractivity contribution is -0.142. The quantitative estimate of drug-likeness (QED) is 0.282. The molecule has 0 aliphatic heterocycles. The summed E-state index contributed by atoms with van der Waals surface area (Å²) < 4.78 is 21.5. The van der Waals surface area contributed by atoms with Gasteiger partial charge in [0.15, 0.2) is 11.5 Å². The Morgan fingerprint density at radius 3 is 2.59 bits per heavy atom. The van der Waals surface area contributed by atoms with Crippen LogP contribution in [-0.4, -0.2) is 48.6 Å². The Morgan fingerprint density at radius 2 is 1.94 bits per heavy atom. The van der Waals surface area contributed by atoms with Crippen molar-refractivity contribution in [2.75, 3.05) is 12.1 Å². The van der Waals surface area contributed by atoms with E-state index in [1.165, 1.54) is 20.2 Å². The van der Waals surface area contributed by atoms with E-state index in [1.54, 1.807) is 23.0 Å². The normalized spacial score (nSPS) is 15.7. The molecule has 0 amide bonds. The van der Waals surface area contributed by atoms with Crippen molar-refractivity contribution in [1.29, 1.82) is 0 Å². The van der Waals surface area contributed by atoms with Crippen molar-refractivity contribution in [3.05, 3.63) is 47.5 Å². The number of aromatic nitrogens is 4. The third-order valence-corrected chi connectivity index (χ3v) is 7.68. The molecule has 2 aromatic heterocycles. The molecule has 0 spiro atoms. The van der Waals surface area contributed by atoms with E-state index in [9.17, 15) is 14.5 Å². The zero-order valence-electron chi connectivity index (χ0n) is 19.4. The van der Waals surface area contributed by atoms with Crippen LogP contribution in [0.3, 0.4) is 0 Å². The molecule has 3 unspecified atom stereocenters. The first kappa shape index (κ1) is 26.1. The number of ether oxygens (including phenoxy) is 1. The number of fused-ring (bicyclic) bond motifs is 1. The topological polar surface area (TPSA) is 157 Å². The molecule has 2 heterocycles. The summed E-state index contributed by atoms with van der Waals surface area (Å²) in [5.74, 6) is -0.855. The third kappa shape index (κ3) is 6.31. The van der Waals surface area contributed by atoms with Gasteiger partial charge in [0.05, 0.1) is 19.0 Å². The fourth-order valence-electron chi connectivity index (χ4n) is 3.33. The van der Waals surface area contributed by atoms with Crippen LogP contribution in [0.25, 0.3) is 11.2 Å². The molecule has 1 aromatic carbocycles. The number of carbonyl (C=O) groups is 1. The van der Waals surface area contributed by atoms with E-state index in [0.717, 1.165) is 5.56 Å². The van der Waals surface area contributed by atoms with Gasteiger partial charge in [-0.25, -0.2) is 25.1 Å². The van der Waals surface area contributed by atoms with E-state index < -0.39 is 25.1 Å². The Balaban J connectivity index is 1.74. The molecule has 184 valence electrons. The SMILES string of the molecule is CC(Cn1cnc2c(N)ncnc21)OCP(=O)(NC(C)c1ccc(Cl)cc1)NC(C)(C)C(=O)O. The van der Waals surface area contributed by atoms with E-state index in [1.807, 2.05) is 26.0 Å². The number of hydrogen-bond donors (Lipinski definition) is 4. The van der Waals surface area contributed by atoms with Crippen LogP contribution in [0.2, 0.25) is 5.02 Å². The molecule has 0 radical (unpaired) electrons. The van der Waals surface area contributed by atoms with Gasteiger partial charge in [-0.3, -0.25) is 9.36 Å². The number of nitrogen functional groups attached to an aromatic ring is 1. The first-order valence-electron chi connectivity index (χ1n) is 10.6. The lowest BCUT2D eigenvalue weighted by Crippen LogP contribution is -2.47. The highest BCUT2D eigenvalue weighted by molar-refractivity contribution is 7.59. The molecule has 0 saturated carbocycles. The number of aliphatic carboxylic acids is 1. The lowest BCUT2D eigenvalue weighted by Gasteiger charge is -2.32. The van der Waals surface area contributed by atoms with Gasteiger partial charge in [0.2, 0.25) is 7.44 Å². The summed E-state index contributed by atoms with van der Waals surface area (Å²) in [6.45, 7) is 6.90. The van der Waals surface area contributed by atoms with E-state index in [0.29, 0.717) is 22.7 Å². The van der Waals surface area contributed by atoms with Gasteiger partial charge in [-0.15, -0.1) is 0 Å². The molecule has 3 atom stereocenters. The summed E-state index contributed by atoms with van der Waals surface area (Å²) in [7, 11) is -3.53. The van der Waals surface area contributed by atoms with Gasteiger partial charge in [0, 0.05) is 11.1 Å².